The van der Waals surface area contributed by atoms with E-state index in [9.17, 15) is 9.18 Å². The molecule has 0 aliphatic heterocycles. The van der Waals surface area contributed by atoms with Gasteiger partial charge in [-0.2, -0.15) is 0 Å². The predicted molar refractivity (Wildman–Crippen MR) is 76.5 cm³/mol. The van der Waals surface area contributed by atoms with E-state index in [1.165, 1.54) is 6.07 Å². The number of hydrogen-bond acceptors (Lipinski definition) is 3. The number of nitrogen functional groups attached to an aromatic ring is 1. The van der Waals surface area contributed by atoms with Gasteiger partial charge in [0.1, 0.15) is 11.6 Å². The summed E-state index contributed by atoms with van der Waals surface area (Å²) in [5.74, 6) is -0.222. The van der Waals surface area contributed by atoms with Crippen LogP contribution in [0.3, 0.4) is 0 Å². The highest BCUT2D eigenvalue weighted by Crippen LogP contribution is 2.22. The van der Waals surface area contributed by atoms with Crippen LogP contribution >= 0.6 is 0 Å². The Kier molecular flexibility index (Phi) is 3.89. The number of benzene rings is 2. The van der Waals surface area contributed by atoms with E-state index in [1.54, 1.807) is 25.3 Å². The maximum Gasteiger partial charge on any atom is 0.255 e. The molecule has 3 N–H and O–H groups in total. The summed E-state index contributed by atoms with van der Waals surface area (Å²) in [4.78, 5) is 12.0. The SMILES string of the molecule is COc1ccc(NC(=O)c2cc(N)cc(F)c2)cc1C. The Bertz CT molecular complexity index is 636. The van der Waals surface area contributed by atoms with Gasteiger partial charge in [-0.05, 0) is 48.9 Å². The largest absolute Gasteiger partial charge is 0.496 e. The minimum absolute atomic E-state index is 0.177. The lowest BCUT2D eigenvalue weighted by Gasteiger charge is -2.09. The number of nitrogens with two attached hydrogens (primary N) is 1. The van der Waals surface area contributed by atoms with Crippen molar-refractivity contribution in [1.29, 1.82) is 0 Å². The fourth-order valence-electron chi connectivity index (χ4n) is 1.90. The number of halogens is 1. The molecular formula is C15H15FN2O2. The van der Waals surface area contributed by atoms with Crippen LogP contribution in [0.2, 0.25) is 0 Å². The maximum atomic E-state index is 13.2. The molecule has 0 aliphatic rings. The van der Waals surface area contributed by atoms with E-state index in [4.69, 9.17) is 10.5 Å². The number of amides is 1. The highest BCUT2D eigenvalue weighted by Gasteiger charge is 2.09. The first kappa shape index (κ1) is 13.9. The summed E-state index contributed by atoms with van der Waals surface area (Å²) in [6.45, 7) is 1.87. The third-order valence-electron chi connectivity index (χ3n) is 2.84. The smallest absolute Gasteiger partial charge is 0.255 e. The number of carbonyl (C=O) groups excluding carboxylic acids is 1. The Morgan fingerprint density at radius 1 is 1.25 bits per heavy atom. The summed E-state index contributed by atoms with van der Waals surface area (Å²) >= 11 is 0. The maximum absolute atomic E-state index is 13.2. The van der Waals surface area contributed by atoms with Crippen molar-refractivity contribution in [3.63, 3.8) is 0 Å². The third kappa shape index (κ3) is 3.06. The lowest BCUT2D eigenvalue weighted by atomic mass is 10.1. The average Bonchev–Trinajstić information content (AvgIpc) is 2.37. The van der Waals surface area contributed by atoms with Crippen molar-refractivity contribution in [3.8, 4) is 5.75 Å². The molecule has 0 aromatic heterocycles. The van der Waals surface area contributed by atoms with Crippen LogP contribution in [0.15, 0.2) is 36.4 Å². The summed E-state index contributed by atoms with van der Waals surface area (Å²) in [5, 5.41) is 2.69. The topological polar surface area (TPSA) is 64.3 Å². The summed E-state index contributed by atoms with van der Waals surface area (Å²) in [6.07, 6.45) is 0. The second kappa shape index (κ2) is 5.61. The van der Waals surface area contributed by atoms with E-state index in [0.717, 1.165) is 23.4 Å². The van der Waals surface area contributed by atoms with E-state index in [0.29, 0.717) is 5.69 Å². The summed E-state index contributed by atoms with van der Waals surface area (Å²) in [7, 11) is 1.58. The Morgan fingerprint density at radius 3 is 2.60 bits per heavy atom. The van der Waals surface area contributed by atoms with Gasteiger partial charge in [-0.15, -0.1) is 0 Å². The highest BCUT2D eigenvalue weighted by atomic mass is 19.1. The zero-order valence-electron chi connectivity index (χ0n) is 11.2. The number of anilines is 2. The van der Waals surface area contributed by atoms with Gasteiger partial charge in [0.05, 0.1) is 7.11 Å². The van der Waals surface area contributed by atoms with Gasteiger partial charge in [0, 0.05) is 16.9 Å². The van der Waals surface area contributed by atoms with Crippen LogP contribution in [0, 0.1) is 12.7 Å². The van der Waals surface area contributed by atoms with Crippen molar-refractivity contribution in [1.82, 2.24) is 0 Å². The van der Waals surface area contributed by atoms with E-state index >= 15 is 0 Å². The first-order chi connectivity index (χ1) is 9.49. The zero-order valence-corrected chi connectivity index (χ0v) is 11.2. The van der Waals surface area contributed by atoms with E-state index in [1.807, 2.05) is 6.92 Å². The molecule has 0 saturated carbocycles. The number of aryl methyl sites for hydroxylation is 1. The van der Waals surface area contributed by atoms with Crippen molar-refractivity contribution in [2.24, 2.45) is 0 Å². The molecule has 0 unspecified atom stereocenters. The van der Waals surface area contributed by atoms with Crippen molar-refractivity contribution in [2.45, 2.75) is 6.92 Å². The van der Waals surface area contributed by atoms with Crippen LogP contribution in [0.25, 0.3) is 0 Å². The zero-order chi connectivity index (χ0) is 14.7. The summed E-state index contributed by atoms with van der Waals surface area (Å²) in [6, 6.07) is 8.97. The molecule has 0 fully saturated rings. The normalized spacial score (nSPS) is 10.2. The third-order valence-corrected chi connectivity index (χ3v) is 2.84. The minimum atomic E-state index is -0.541. The second-order valence-electron chi connectivity index (χ2n) is 4.41. The van der Waals surface area contributed by atoms with Crippen LogP contribution in [0.4, 0.5) is 15.8 Å². The molecule has 2 rings (SSSR count). The molecule has 2 aromatic carbocycles. The number of ether oxygens (including phenoxy) is 1. The molecule has 0 saturated heterocycles. The number of hydrogen-bond donors (Lipinski definition) is 2. The lowest BCUT2D eigenvalue weighted by Crippen LogP contribution is -2.12. The second-order valence-corrected chi connectivity index (χ2v) is 4.41. The van der Waals surface area contributed by atoms with Gasteiger partial charge in [0.2, 0.25) is 0 Å². The molecular weight excluding hydrogens is 259 g/mol. The molecule has 0 atom stereocenters. The van der Waals surface area contributed by atoms with Gasteiger partial charge in [-0.25, -0.2) is 4.39 Å². The number of rotatable bonds is 3. The first-order valence-electron chi connectivity index (χ1n) is 6.01. The Balaban J connectivity index is 2.21. The van der Waals surface area contributed by atoms with E-state index in [2.05, 4.69) is 5.32 Å². The van der Waals surface area contributed by atoms with Gasteiger partial charge in [-0.3, -0.25) is 4.79 Å². The van der Waals surface area contributed by atoms with Crippen LogP contribution in [-0.2, 0) is 0 Å². The molecule has 0 radical (unpaired) electrons. The molecule has 1 amide bonds. The molecule has 5 heteroatoms. The van der Waals surface area contributed by atoms with Gasteiger partial charge >= 0.3 is 0 Å². The van der Waals surface area contributed by atoms with Gasteiger partial charge < -0.3 is 15.8 Å². The molecule has 4 nitrogen and oxygen atoms in total. The van der Waals surface area contributed by atoms with Gasteiger partial charge in [0.25, 0.3) is 5.91 Å². The van der Waals surface area contributed by atoms with Gasteiger partial charge in [-0.1, -0.05) is 0 Å². The van der Waals surface area contributed by atoms with E-state index < -0.39 is 11.7 Å². The molecule has 2 aromatic rings. The standard InChI is InChI=1S/C15H15FN2O2/c1-9-5-13(3-4-14(9)20-2)18-15(19)10-6-11(16)8-12(17)7-10/h3-8H,17H2,1-2H3,(H,18,19). The predicted octanol–water partition coefficient (Wildman–Crippen LogP) is 2.98. The Morgan fingerprint density at radius 2 is 2.00 bits per heavy atom. The minimum Gasteiger partial charge on any atom is -0.496 e. The van der Waals surface area contributed by atoms with Gasteiger partial charge in [0.15, 0.2) is 0 Å². The fourth-order valence-corrected chi connectivity index (χ4v) is 1.90. The van der Waals surface area contributed by atoms with Crippen molar-refractivity contribution < 1.29 is 13.9 Å². The highest BCUT2D eigenvalue weighted by molar-refractivity contribution is 6.04. The average molecular weight is 274 g/mol. The Labute approximate surface area is 116 Å². The monoisotopic (exact) mass is 274 g/mol. The molecule has 20 heavy (non-hydrogen) atoms. The number of carbonyl (C=O) groups is 1. The lowest BCUT2D eigenvalue weighted by molar-refractivity contribution is 0.102. The number of nitrogens with one attached hydrogen (secondary N) is 1. The summed E-state index contributed by atoms with van der Waals surface area (Å²) < 4.78 is 18.4. The van der Waals surface area contributed by atoms with Crippen molar-refractivity contribution in [2.75, 3.05) is 18.2 Å². The molecule has 0 spiro atoms. The molecule has 0 aliphatic carbocycles. The van der Waals surface area contributed by atoms with E-state index in [-0.39, 0.29) is 11.3 Å². The van der Waals surface area contributed by atoms with Crippen molar-refractivity contribution in [3.05, 3.63) is 53.3 Å². The Hall–Kier alpha value is -2.56. The molecule has 104 valence electrons. The van der Waals surface area contributed by atoms with Crippen LogP contribution < -0.4 is 15.8 Å². The van der Waals surface area contributed by atoms with Crippen molar-refractivity contribution >= 4 is 17.3 Å². The first-order valence-corrected chi connectivity index (χ1v) is 6.01. The number of methoxy groups -OCH3 is 1. The molecule has 0 heterocycles. The summed E-state index contributed by atoms with van der Waals surface area (Å²) in [5.41, 5.74) is 7.40. The van der Waals surface area contributed by atoms with Crippen LogP contribution in [0.1, 0.15) is 15.9 Å². The fraction of sp³-hybridized carbons (Fsp3) is 0.133. The quantitative estimate of drug-likeness (QED) is 0.846. The molecule has 0 bridgehead atoms. The van der Waals surface area contributed by atoms with Crippen LogP contribution in [-0.4, -0.2) is 13.0 Å². The van der Waals surface area contributed by atoms with Crippen LogP contribution in [0.5, 0.6) is 5.75 Å².